The Morgan fingerprint density at radius 3 is 2.65 bits per heavy atom. The molecule has 0 aliphatic rings. The van der Waals surface area contributed by atoms with Crippen LogP contribution in [0.5, 0.6) is 6.01 Å². The summed E-state index contributed by atoms with van der Waals surface area (Å²) in [5, 5.41) is 0. The molecule has 5 heteroatoms. The first-order valence-corrected chi connectivity index (χ1v) is 5.41. The molecule has 2 aromatic rings. The van der Waals surface area contributed by atoms with E-state index >= 15 is 0 Å². The van der Waals surface area contributed by atoms with E-state index in [1.807, 2.05) is 38.1 Å². The lowest BCUT2D eigenvalue weighted by Gasteiger charge is -2.06. The van der Waals surface area contributed by atoms with Gasteiger partial charge in [0.05, 0.1) is 6.61 Å². The van der Waals surface area contributed by atoms with Crippen LogP contribution in [0.25, 0.3) is 11.4 Å². The Hall–Kier alpha value is -2.17. The number of aromatic nitrogens is 3. The molecule has 2 N–H and O–H groups in total. The average Bonchev–Trinajstić information content (AvgIpc) is 2.29. The van der Waals surface area contributed by atoms with Crippen LogP contribution in [0.15, 0.2) is 24.3 Å². The van der Waals surface area contributed by atoms with Crippen molar-refractivity contribution in [2.24, 2.45) is 0 Å². The van der Waals surface area contributed by atoms with Gasteiger partial charge >= 0.3 is 6.01 Å². The Bertz CT molecular complexity index is 528. The van der Waals surface area contributed by atoms with Gasteiger partial charge in [-0.25, -0.2) is 0 Å². The summed E-state index contributed by atoms with van der Waals surface area (Å²) in [7, 11) is 0. The molecule has 1 aromatic carbocycles. The Morgan fingerprint density at radius 1 is 1.18 bits per heavy atom. The number of nitrogens with zero attached hydrogens (tertiary/aromatic N) is 3. The van der Waals surface area contributed by atoms with Crippen LogP contribution in [0.3, 0.4) is 0 Å². The largest absolute Gasteiger partial charge is 0.464 e. The highest BCUT2D eigenvalue weighted by molar-refractivity contribution is 5.60. The number of nitrogens with two attached hydrogens (primary N) is 1. The van der Waals surface area contributed by atoms with Crippen LogP contribution in [-0.4, -0.2) is 21.6 Å². The number of anilines is 1. The highest BCUT2D eigenvalue weighted by Gasteiger charge is 2.08. The molecule has 0 aliphatic carbocycles. The number of ether oxygens (including phenoxy) is 1. The van der Waals surface area contributed by atoms with Gasteiger partial charge < -0.3 is 10.5 Å². The molecule has 0 fully saturated rings. The van der Waals surface area contributed by atoms with Crippen molar-refractivity contribution in [2.75, 3.05) is 12.3 Å². The molecule has 2 rings (SSSR count). The third-order valence-electron chi connectivity index (χ3n) is 2.29. The lowest BCUT2D eigenvalue weighted by atomic mass is 10.1. The minimum absolute atomic E-state index is 0.168. The Labute approximate surface area is 99.7 Å². The molecule has 0 aliphatic heterocycles. The topological polar surface area (TPSA) is 73.9 Å². The second-order valence-electron chi connectivity index (χ2n) is 3.55. The van der Waals surface area contributed by atoms with E-state index in [1.54, 1.807) is 0 Å². The smallest absolute Gasteiger partial charge is 0.321 e. The lowest BCUT2D eigenvalue weighted by Crippen LogP contribution is -2.05. The van der Waals surface area contributed by atoms with E-state index in [2.05, 4.69) is 15.0 Å². The van der Waals surface area contributed by atoms with Gasteiger partial charge in [-0.05, 0) is 19.4 Å². The van der Waals surface area contributed by atoms with Gasteiger partial charge in [0.2, 0.25) is 5.95 Å². The van der Waals surface area contributed by atoms with Gasteiger partial charge in [0, 0.05) is 5.56 Å². The average molecular weight is 230 g/mol. The maximum Gasteiger partial charge on any atom is 0.321 e. The quantitative estimate of drug-likeness (QED) is 0.870. The number of nitrogen functional groups attached to an aromatic ring is 1. The molecule has 5 nitrogen and oxygen atoms in total. The molecular weight excluding hydrogens is 216 g/mol. The highest BCUT2D eigenvalue weighted by atomic mass is 16.5. The standard InChI is InChI=1S/C12H14N4O/c1-3-17-12-15-10(14-11(13)16-12)9-7-5-4-6-8(9)2/h4-7H,3H2,1-2H3,(H2,13,14,15,16). The summed E-state index contributed by atoms with van der Waals surface area (Å²) in [5.74, 6) is 0.709. The van der Waals surface area contributed by atoms with Crippen molar-refractivity contribution in [1.82, 2.24) is 15.0 Å². The maximum atomic E-state index is 5.63. The number of hydrogen-bond acceptors (Lipinski definition) is 5. The fraction of sp³-hybridized carbons (Fsp3) is 0.250. The number of benzene rings is 1. The van der Waals surface area contributed by atoms with Crippen molar-refractivity contribution in [2.45, 2.75) is 13.8 Å². The molecule has 0 saturated carbocycles. The molecule has 88 valence electrons. The Kier molecular flexibility index (Phi) is 3.18. The van der Waals surface area contributed by atoms with E-state index in [9.17, 15) is 0 Å². The van der Waals surface area contributed by atoms with Gasteiger partial charge in [-0.15, -0.1) is 0 Å². The summed E-state index contributed by atoms with van der Waals surface area (Å²) in [4.78, 5) is 12.3. The van der Waals surface area contributed by atoms with Crippen LogP contribution in [0.4, 0.5) is 5.95 Å². The van der Waals surface area contributed by atoms with Crippen LogP contribution in [0, 0.1) is 6.92 Å². The van der Waals surface area contributed by atoms with Crippen LogP contribution in [0.2, 0.25) is 0 Å². The zero-order valence-electron chi connectivity index (χ0n) is 9.84. The molecule has 17 heavy (non-hydrogen) atoms. The second-order valence-corrected chi connectivity index (χ2v) is 3.55. The molecule has 0 atom stereocenters. The van der Waals surface area contributed by atoms with Crippen molar-refractivity contribution >= 4 is 5.95 Å². The third-order valence-corrected chi connectivity index (χ3v) is 2.29. The fourth-order valence-corrected chi connectivity index (χ4v) is 1.51. The van der Waals surface area contributed by atoms with E-state index in [0.717, 1.165) is 11.1 Å². The Balaban J connectivity index is 2.48. The van der Waals surface area contributed by atoms with Crippen molar-refractivity contribution in [3.63, 3.8) is 0 Å². The fourth-order valence-electron chi connectivity index (χ4n) is 1.51. The normalized spacial score (nSPS) is 10.2. The Morgan fingerprint density at radius 2 is 1.94 bits per heavy atom. The van der Waals surface area contributed by atoms with Gasteiger partial charge in [-0.3, -0.25) is 0 Å². The third kappa shape index (κ3) is 2.50. The first-order chi connectivity index (χ1) is 8.20. The summed E-state index contributed by atoms with van der Waals surface area (Å²) < 4.78 is 5.25. The predicted octanol–water partition coefficient (Wildman–Crippen LogP) is 1.83. The SMILES string of the molecule is CCOc1nc(N)nc(-c2ccccc2C)n1. The van der Waals surface area contributed by atoms with Gasteiger partial charge in [0.25, 0.3) is 0 Å². The summed E-state index contributed by atoms with van der Waals surface area (Å²) in [6, 6.07) is 8.10. The van der Waals surface area contributed by atoms with Gasteiger partial charge in [-0.2, -0.15) is 15.0 Å². The van der Waals surface area contributed by atoms with Gasteiger partial charge in [-0.1, -0.05) is 24.3 Å². The van der Waals surface area contributed by atoms with Crippen molar-refractivity contribution in [1.29, 1.82) is 0 Å². The lowest BCUT2D eigenvalue weighted by molar-refractivity contribution is 0.312. The molecule has 1 aromatic heterocycles. The van der Waals surface area contributed by atoms with Crippen LogP contribution < -0.4 is 10.5 Å². The molecule has 0 radical (unpaired) electrons. The van der Waals surface area contributed by atoms with Crippen LogP contribution >= 0.6 is 0 Å². The minimum atomic E-state index is 0.168. The monoisotopic (exact) mass is 230 g/mol. The summed E-state index contributed by atoms with van der Waals surface area (Å²) >= 11 is 0. The van der Waals surface area contributed by atoms with Gasteiger partial charge in [0.1, 0.15) is 0 Å². The zero-order valence-corrected chi connectivity index (χ0v) is 9.84. The van der Waals surface area contributed by atoms with Crippen LogP contribution in [0.1, 0.15) is 12.5 Å². The van der Waals surface area contributed by atoms with E-state index in [4.69, 9.17) is 10.5 Å². The summed E-state index contributed by atoms with van der Waals surface area (Å²) in [5.41, 5.74) is 7.65. The summed E-state index contributed by atoms with van der Waals surface area (Å²) in [6.45, 7) is 4.36. The zero-order chi connectivity index (χ0) is 12.3. The van der Waals surface area contributed by atoms with Gasteiger partial charge in [0.15, 0.2) is 5.82 Å². The molecule has 1 heterocycles. The van der Waals surface area contributed by atoms with Crippen molar-refractivity contribution < 1.29 is 4.74 Å². The van der Waals surface area contributed by atoms with E-state index < -0.39 is 0 Å². The molecular formula is C12H14N4O. The number of rotatable bonds is 3. The molecule has 0 saturated heterocycles. The molecule has 0 amide bonds. The maximum absolute atomic E-state index is 5.63. The first-order valence-electron chi connectivity index (χ1n) is 5.41. The number of aryl methyl sites for hydroxylation is 1. The van der Waals surface area contributed by atoms with Crippen molar-refractivity contribution in [3.05, 3.63) is 29.8 Å². The van der Waals surface area contributed by atoms with Crippen molar-refractivity contribution in [3.8, 4) is 17.4 Å². The minimum Gasteiger partial charge on any atom is -0.464 e. The molecule has 0 bridgehead atoms. The second kappa shape index (κ2) is 4.78. The van der Waals surface area contributed by atoms with E-state index in [-0.39, 0.29) is 12.0 Å². The van der Waals surface area contributed by atoms with E-state index in [0.29, 0.717) is 12.4 Å². The van der Waals surface area contributed by atoms with E-state index in [1.165, 1.54) is 0 Å². The predicted molar refractivity (Wildman–Crippen MR) is 65.6 cm³/mol. The molecule has 0 spiro atoms. The van der Waals surface area contributed by atoms with Crippen LogP contribution in [-0.2, 0) is 0 Å². The molecule has 0 unspecified atom stereocenters. The summed E-state index contributed by atoms with van der Waals surface area (Å²) in [6.07, 6.45) is 0. The highest BCUT2D eigenvalue weighted by Crippen LogP contribution is 2.21. The first kappa shape index (κ1) is 11.3. The number of hydrogen-bond donors (Lipinski definition) is 1.